The van der Waals surface area contributed by atoms with Crippen LogP contribution in [0.3, 0.4) is 0 Å². The van der Waals surface area contributed by atoms with Crippen LogP contribution in [-0.4, -0.2) is 27.8 Å². The molecule has 4 aromatic rings. The molecule has 3 N–H and O–H groups in total. The molecule has 1 aromatic heterocycles. The molecular formula is C28H26N4O3S2. The Hall–Kier alpha value is -3.95. The smallest absolute Gasteiger partial charge is 0.255 e. The van der Waals surface area contributed by atoms with Gasteiger partial charge in [0.05, 0.1) is 0 Å². The largest absolute Gasteiger partial charge is 0.338 e. The Balaban J connectivity index is 1.46. The molecule has 7 nitrogen and oxygen atoms in total. The van der Waals surface area contributed by atoms with Crippen molar-refractivity contribution in [2.24, 2.45) is 0 Å². The molecule has 0 saturated heterocycles. The van der Waals surface area contributed by atoms with Gasteiger partial charge in [-0.15, -0.1) is 0 Å². The Bertz CT molecular complexity index is 1470. The second kappa shape index (κ2) is 11.0. The van der Waals surface area contributed by atoms with Gasteiger partial charge in [-0.25, -0.2) is 0 Å². The van der Waals surface area contributed by atoms with E-state index in [1.165, 1.54) is 0 Å². The Morgan fingerprint density at radius 3 is 2.03 bits per heavy atom. The number of carbonyl (C=O) groups excluding carboxylic acids is 3. The van der Waals surface area contributed by atoms with E-state index in [0.717, 1.165) is 16.9 Å². The van der Waals surface area contributed by atoms with Crippen LogP contribution in [0.5, 0.6) is 0 Å². The van der Waals surface area contributed by atoms with E-state index in [4.69, 9.17) is 12.2 Å². The molecular weight excluding hydrogens is 504 g/mol. The number of H-pyrrole nitrogens is 1. The van der Waals surface area contributed by atoms with Gasteiger partial charge in [-0.3, -0.25) is 19.5 Å². The maximum absolute atomic E-state index is 13.1. The average Bonchev–Trinajstić information content (AvgIpc) is 3.33. The molecule has 0 aliphatic heterocycles. The summed E-state index contributed by atoms with van der Waals surface area (Å²) in [5.74, 6) is -1.04. The third-order valence-electron chi connectivity index (χ3n) is 5.74. The minimum absolute atomic E-state index is 0.00254. The highest BCUT2D eigenvalue weighted by atomic mass is 32.1. The van der Waals surface area contributed by atoms with Crippen LogP contribution >= 0.6 is 23.6 Å². The fourth-order valence-corrected chi connectivity index (χ4v) is 4.51. The predicted octanol–water partition coefficient (Wildman–Crippen LogP) is 6.10. The fraction of sp³-hybridized carbons (Fsp3) is 0.179. The lowest BCUT2D eigenvalue weighted by Crippen LogP contribution is -2.34. The Labute approximate surface area is 224 Å². The first-order chi connectivity index (χ1) is 17.6. The molecule has 1 heterocycles. The van der Waals surface area contributed by atoms with E-state index in [-0.39, 0.29) is 22.1 Å². The number of aromatic amines is 1. The van der Waals surface area contributed by atoms with Crippen LogP contribution in [0.4, 0.5) is 5.69 Å². The van der Waals surface area contributed by atoms with Gasteiger partial charge in [-0.05, 0) is 65.2 Å². The zero-order valence-electron chi connectivity index (χ0n) is 20.6. The lowest BCUT2D eigenvalue weighted by Gasteiger charge is -2.19. The van der Waals surface area contributed by atoms with Crippen LogP contribution in [0.2, 0.25) is 0 Å². The van der Waals surface area contributed by atoms with Crippen LogP contribution in [0.15, 0.2) is 78.9 Å². The van der Waals surface area contributed by atoms with Gasteiger partial charge >= 0.3 is 0 Å². The number of hydrogen-bond donors (Lipinski definition) is 3. The summed E-state index contributed by atoms with van der Waals surface area (Å²) < 4.78 is 0.379. The topological polar surface area (TPSA) is 104 Å². The Morgan fingerprint density at radius 1 is 0.865 bits per heavy atom. The van der Waals surface area contributed by atoms with Crippen molar-refractivity contribution in [3.05, 3.63) is 110 Å². The zero-order valence-corrected chi connectivity index (χ0v) is 22.2. The van der Waals surface area contributed by atoms with Gasteiger partial charge in [0, 0.05) is 16.8 Å². The van der Waals surface area contributed by atoms with Gasteiger partial charge in [-0.1, -0.05) is 74.6 Å². The van der Waals surface area contributed by atoms with Crippen LogP contribution < -0.4 is 10.6 Å². The van der Waals surface area contributed by atoms with Crippen LogP contribution in [0.25, 0.3) is 0 Å². The summed E-state index contributed by atoms with van der Waals surface area (Å²) in [6, 6.07) is 22.0. The molecule has 37 heavy (non-hydrogen) atoms. The van der Waals surface area contributed by atoms with Gasteiger partial charge in [0.15, 0.2) is 8.96 Å². The third kappa shape index (κ3) is 6.44. The lowest BCUT2D eigenvalue weighted by atomic mass is 9.87. The number of ketones is 1. The summed E-state index contributed by atoms with van der Waals surface area (Å²) in [7, 11) is 0. The molecule has 1 atom stereocenters. The molecule has 0 saturated carbocycles. The molecule has 0 spiro atoms. The number of carbonyl (C=O) groups is 3. The summed E-state index contributed by atoms with van der Waals surface area (Å²) >= 11 is 6.10. The van der Waals surface area contributed by atoms with Gasteiger partial charge in [0.2, 0.25) is 5.78 Å². The number of nitrogens with one attached hydrogen (secondary N) is 3. The van der Waals surface area contributed by atoms with E-state index in [2.05, 4.69) is 41.6 Å². The number of nitrogens with zero attached hydrogens (tertiary/aromatic N) is 1. The summed E-state index contributed by atoms with van der Waals surface area (Å²) in [5.41, 5.74) is 3.21. The van der Waals surface area contributed by atoms with E-state index in [1.54, 1.807) is 60.7 Å². The first-order valence-electron chi connectivity index (χ1n) is 11.6. The van der Waals surface area contributed by atoms with Crippen molar-refractivity contribution in [3.8, 4) is 0 Å². The molecule has 9 heteroatoms. The van der Waals surface area contributed by atoms with Crippen molar-refractivity contribution in [1.29, 1.82) is 0 Å². The number of benzene rings is 3. The molecule has 0 unspecified atom stereocenters. The first kappa shape index (κ1) is 26.1. The fourth-order valence-electron chi connectivity index (χ4n) is 3.65. The molecule has 0 aliphatic rings. The van der Waals surface area contributed by atoms with Crippen molar-refractivity contribution in [2.45, 2.75) is 32.2 Å². The van der Waals surface area contributed by atoms with Crippen molar-refractivity contribution < 1.29 is 14.4 Å². The second-order valence-electron chi connectivity index (χ2n) is 9.46. The number of anilines is 1. The average molecular weight is 531 g/mol. The highest BCUT2D eigenvalue weighted by Crippen LogP contribution is 2.23. The van der Waals surface area contributed by atoms with Gasteiger partial charge in [-0.2, -0.15) is 5.10 Å². The van der Waals surface area contributed by atoms with Crippen LogP contribution in [0, 0.1) is 3.95 Å². The van der Waals surface area contributed by atoms with Crippen LogP contribution in [-0.2, 0) is 5.41 Å². The minimum Gasteiger partial charge on any atom is -0.338 e. The molecule has 188 valence electrons. The second-order valence-corrected chi connectivity index (χ2v) is 11.1. The maximum atomic E-state index is 13.1. The molecule has 3 aromatic carbocycles. The van der Waals surface area contributed by atoms with Crippen molar-refractivity contribution in [2.75, 3.05) is 5.32 Å². The van der Waals surface area contributed by atoms with Gasteiger partial charge in [0.25, 0.3) is 11.8 Å². The Morgan fingerprint density at radius 2 is 1.46 bits per heavy atom. The molecule has 0 bridgehead atoms. The highest BCUT2D eigenvalue weighted by Gasteiger charge is 2.27. The minimum atomic E-state index is -0.932. The third-order valence-corrected chi connectivity index (χ3v) is 6.84. The number of Topliss-reactive ketones (excluding diaryl/α,β-unsaturated/α-hetero) is 1. The van der Waals surface area contributed by atoms with Crippen LogP contribution in [0.1, 0.15) is 68.5 Å². The number of aromatic nitrogens is 2. The quantitative estimate of drug-likeness (QED) is 0.198. The lowest BCUT2D eigenvalue weighted by molar-refractivity contribution is 0.0856. The van der Waals surface area contributed by atoms with Gasteiger partial charge < -0.3 is 10.6 Å². The van der Waals surface area contributed by atoms with Crippen molar-refractivity contribution >= 4 is 46.8 Å². The maximum Gasteiger partial charge on any atom is 0.255 e. The summed E-state index contributed by atoms with van der Waals surface area (Å²) in [5, 5.41) is 12.4. The zero-order chi connectivity index (χ0) is 26.6. The predicted molar refractivity (Wildman–Crippen MR) is 148 cm³/mol. The summed E-state index contributed by atoms with van der Waals surface area (Å²) in [6.07, 6.45) is 0. The van der Waals surface area contributed by atoms with Gasteiger partial charge in [0.1, 0.15) is 6.04 Å². The van der Waals surface area contributed by atoms with Crippen molar-refractivity contribution in [1.82, 2.24) is 15.5 Å². The molecule has 0 aliphatic carbocycles. The summed E-state index contributed by atoms with van der Waals surface area (Å²) in [6.45, 7) is 6.35. The molecule has 0 fully saturated rings. The van der Waals surface area contributed by atoms with E-state index in [0.29, 0.717) is 26.3 Å². The summed E-state index contributed by atoms with van der Waals surface area (Å²) in [4.78, 5) is 38.8. The number of rotatable bonds is 7. The van der Waals surface area contributed by atoms with Crippen molar-refractivity contribution in [3.63, 3.8) is 0 Å². The van der Waals surface area contributed by atoms with E-state index in [1.807, 2.05) is 18.2 Å². The Kier molecular flexibility index (Phi) is 7.75. The number of hydrogen-bond acceptors (Lipinski definition) is 6. The van der Waals surface area contributed by atoms with E-state index in [9.17, 15) is 14.4 Å². The molecule has 2 amide bonds. The highest BCUT2D eigenvalue weighted by molar-refractivity contribution is 7.73. The van der Waals surface area contributed by atoms with E-state index < -0.39 is 11.9 Å². The normalized spacial score (nSPS) is 12.0. The molecule has 0 radical (unpaired) electrons. The first-order valence-corrected chi connectivity index (χ1v) is 12.8. The monoisotopic (exact) mass is 530 g/mol. The SMILES string of the molecule is CC(C)(C)c1ccc(C(=O)Nc2ccc(C(=O)N[C@H](C(=O)c3n[nH]c(=S)s3)c3ccccc3)cc2)cc1. The number of amides is 2. The standard InChI is InChI=1S/C28H26N4O3S2/c1-28(2,3)20-13-9-18(10-14-20)24(34)29-21-15-11-19(12-16-21)25(35)30-22(17-7-5-4-6-8-17)23(33)26-31-32-27(36)37-26/h4-16,22H,1-3H3,(H,29,34)(H,30,35)(H,32,36)/t22-/m0/s1. The molecule has 4 rings (SSSR count). The van der Waals surface area contributed by atoms with E-state index >= 15 is 0 Å².